The van der Waals surface area contributed by atoms with E-state index in [9.17, 15) is 4.79 Å². The van der Waals surface area contributed by atoms with Crippen molar-refractivity contribution in [3.63, 3.8) is 0 Å². The first-order valence-electron chi connectivity index (χ1n) is 8.36. The molecule has 24 heavy (non-hydrogen) atoms. The molecule has 6 nitrogen and oxygen atoms in total. The summed E-state index contributed by atoms with van der Waals surface area (Å²) >= 11 is 0. The molecule has 0 atom stereocenters. The summed E-state index contributed by atoms with van der Waals surface area (Å²) in [6, 6.07) is 3.83. The average Bonchev–Trinajstić information content (AvgIpc) is 3.11. The van der Waals surface area contributed by atoms with Gasteiger partial charge in [-0.25, -0.2) is 9.78 Å². The summed E-state index contributed by atoms with van der Waals surface area (Å²) in [5.74, 6) is 0. The molecule has 2 N–H and O–H groups in total. The molecule has 0 radical (unpaired) electrons. The lowest BCUT2D eigenvalue weighted by molar-refractivity contribution is 0.239. The number of carbonyl (C=O) groups is 1. The van der Waals surface area contributed by atoms with Crippen LogP contribution in [0.2, 0.25) is 0 Å². The fourth-order valence-electron chi connectivity index (χ4n) is 2.92. The van der Waals surface area contributed by atoms with Crippen molar-refractivity contribution < 1.29 is 4.79 Å². The van der Waals surface area contributed by atoms with E-state index in [4.69, 9.17) is 0 Å². The Morgan fingerprint density at radius 1 is 1.38 bits per heavy atom. The number of nitrogens with one attached hydrogen (secondary N) is 2. The van der Waals surface area contributed by atoms with Gasteiger partial charge in [-0.3, -0.25) is 0 Å². The first kappa shape index (κ1) is 16.2. The van der Waals surface area contributed by atoms with Crippen molar-refractivity contribution in [2.24, 2.45) is 0 Å². The van der Waals surface area contributed by atoms with Crippen molar-refractivity contribution in [2.75, 3.05) is 6.54 Å². The van der Waals surface area contributed by atoms with Gasteiger partial charge < -0.3 is 10.3 Å². The number of fused-ring (bicyclic) bond motifs is 1. The van der Waals surface area contributed by atoms with Gasteiger partial charge in [-0.15, -0.1) is 0 Å². The fraction of sp³-hybridized carbons (Fsp3) is 0.389. The Morgan fingerprint density at radius 3 is 3.00 bits per heavy atom. The maximum absolute atomic E-state index is 12.3. The Kier molecular flexibility index (Phi) is 4.64. The molecule has 0 spiro atoms. The molecule has 0 unspecified atom stereocenters. The monoisotopic (exact) mass is 325 g/mol. The van der Waals surface area contributed by atoms with Crippen LogP contribution < -0.4 is 5.32 Å². The van der Waals surface area contributed by atoms with Crippen LogP contribution in [-0.2, 0) is 6.42 Å². The van der Waals surface area contributed by atoms with Crippen LogP contribution in [-0.4, -0.2) is 32.3 Å². The second kappa shape index (κ2) is 6.86. The van der Waals surface area contributed by atoms with Crippen LogP contribution >= 0.6 is 0 Å². The van der Waals surface area contributed by atoms with Gasteiger partial charge in [0.15, 0.2) is 0 Å². The maximum Gasteiger partial charge on any atom is 0.342 e. The molecule has 0 aliphatic heterocycles. The van der Waals surface area contributed by atoms with Gasteiger partial charge in [0.2, 0.25) is 0 Å². The van der Waals surface area contributed by atoms with E-state index in [2.05, 4.69) is 33.4 Å². The smallest absolute Gasteiger partial charge is 0.342 e. The highest BCUT2D eigenvalue weighted by molar-refractivity contribution is 5.80. The normalized spacial score (nSPS) is 11.1. The first-order chi connectivity index (χ1) is 11.6. The largest absolute Gasteiger partial charge is 0.346 e. The quantitative estimate of drug-likeness (QED) is 0.707. The summed E-state index contributed by atoms with van der Waals surface area (Å²) < 4.78 is 1.48. The topological polar surface area (TPSA) is 75.6 Å². The lowest BCUT2D eigenvalue weighted by atomic mass is 10.0. The Labute approximate surface area is 141 Å². The molecule has 0 aliphatic carbocycles. The highest BCUT2D eigenvalue weighted by Crippen LogP contribution is 2.23. The molecule has 1 amide bonds. The van der Waals surface area contributed by atoms with E-state index < -0.39 is 0 Å². The minimum Gasteiger partial charge on any atom is -0.346 e. The minimum atomic E-state index is -0.157. The zero-order chi connectivity index (χ0) is 17.1. The number of pyridine rings is 1. The van der Waals surface area contributed by atoms with Crippen LogP contribution in [0.15, 0.2) is 24.5 Å². The van der Waals surface area contributed by atoms with Crippen molar-refractivity contribution in [2.45, 2.75) is 40.0 Å². The lowest BCUT2D eigenvalue weighted by Gasteiger charge is -2.06. The van der Waals surface area contributed by atoms with Gasteiger partial charge in [-0.2, -0.15) is 9.78 Å². The van der Waals surface area contributed by atoms with Crippen LogP contribution in [0.4, 0.5) is 4.79 Å². The number of aromatic amines is 1. The van der Waals surface area contributed by atoms with E-state index in [-0.39, 0.29) is 6.03 Å². The molecule has 0 saturated heterocycles. The second-order valence-corrected chi connectivity index (χ2v) is 6.04. The van der Waals surface area contributed by atoms with Gasteiger partial charge in [0.05, 0.1) is 5.69 Å². The molecule has 0 saturated carbocycles. The van der Waals surface area contributed by atoms with Crippen molar-refractivity contribution in [3.8, 4) is 0 Å². The third-order valence-electron chi connectivity index (χ3n) is 4.34. The van der Waals surface area contributed by atoms with Crippen molar-refractivity contribution in [1.29, 1.82) is 0 Å². The predicted molar refractivity (Wildman–Crippen MR) is 94.3 cm³/mol. The number of rotatable bonds is 5. The maximum atomic E-state index is 12.3. The third-order valence-corrected chi connectivity index (χ3v) is 4.34. The first-order valence-corrected chi connectivity index (χ1v) is 8.36. The van der Waals surface area contributed by atoms with E-state index >= 15 is 0 Å². The number of carbonyl (C=O) groups excluding carboxylic acids is 1. The molecule has 3 aromatic heterocycles. The van der Waals surface area contributed by atoms with Gasteiger partial charge in [0.25, 0.3) is 0 Å². The molecule has 3 rings (SSSR count). The van der Waals surface area contributed by atoms with Gasteiger partial charge in [-0.1, -0.05) is 13.3 Å². The van der Waals surface area contributed by atoms with Gasteiger partial charge in [0, 0.05) is 42.0 Å². The predicted octanol–water partition coefficient (Wildman–Crippen LogP) is 3.32. The van der Waals surface area contributed by atoms with Gasteiger partial charge >= 0.3 is 6.03 Å². The van der Waals surface area contributed by atoms with Crippen LogP contribution in [0.5, 0.6) is 0 Å². The number of amides is 1. The van der Waals surface area contributed by atoms with E-state index in [1.807, 2.05) is 26.1 Å². The summed E-state index contributed by atoms with van der Waals surface area (Å²) in [6.07, 6.45) is 6.51. The molecule has 0 aromatic carbocycles. The van der Waals surface area contributed by atoms with Crippen molar-refractivity contribution >= 4 is 17.1 Å². The van der Waals surface area contributed by atoms with Gasteiger partial charge in [-0.05, 0) is 38.0 Å². The summed E-state index contributed by atoms with van der Waals surface area (Å²) in [4.78, 5) is 19.8. The Hall–Kier alpha value is -2.63. The number of aromatic nitrogens is 4. The van der Waals surface area contributed by atoms with Crippen LogP contribution in [0.3, 0.4) is 0 Å². The Morgan fingerprint density at radius 2 is 2.21 bits per heavy atom. The van der Waals surface area contributed by atoms with E-state index in [1.54, 1.807) is 6.20 Å². The lowest BCUT2D eigenvalue weighted by Crippen LogP contribution is -2.31. The Bertz CT molecular complexity index is 862. The van der Waals surface area contributed by atoms with Crippen molar-refractivity contribution in [1.82, 2.24) is 25.1 Å². The molecule has 0 bridgehead atoms. The molecule has 6 heteroatoms. The number of H-pyrrole nitrogens is 1. The Balaban J connectivity index is 1.85. The summed E-state index contributed by atoms with van der Waals surface area (Å²) in [5, 5.41) is 8.45. The summed E-state index contributed by atoms with van der Waals surface area (Å²) in [5.41, 5.74) is 4.91. The number of hydrogen-bond donors (Lipinski definition) is 2. The SMILES string of the molecule is CCCCNC(=O)n1nc(C)c(Cc2c[nH]c3ncccc23)c1C. The van der Waals surface area contributed by atoms with Crippen LogP contribution in [0, 0.1) is 13.8 Å². The molecule has 3 heterocycles. The summed E-state index contributed by atoms with van der Waals surface area (Å²) in [6.45, 7) is 6.67. The van der Waals surface area contributed by atoms with Gasteiger partial charge in [0.1, 0.15) is 5.65 Å². The zero-order valence-electron chi connectivity index (χ0n) is 14.4. The molecule has 0 aliphatic rings. The number of unbranched alkanes of at least 4 members (excludes halogenated alkanes) is 1. The zero-order valence-corrected chi connectivity index (χ0v) is 14.4. The standard InChI is InChI=1S/C18H23N5O/c1-4-5-8-20-18(24)23-13(3)16(12(2)22-23)10-14-11-21-17-15(14)7-6-9-19-17/h6-7,9,11H,4-5,8,10H2,1-3H3,(H,19,21)(H,20,24). The number of aryl methyl sites for hydroxylation is 1. The highest BCUT2D eigenvalue weighted by Gasteiger charge is 2.17. The molecule has 0 fully saturated rings. The van der Waals surface area contributed by atoms with E-state index in [1.165, 1.54) is 4.68 Å². The minimum absolute atomic E-state index is 0.157. The van der Waals surface area contributed by atoms with Crippen molar-refractivity contribution in [3.05, 3.63) is 47.0 Å². The molecular weight excluding hydrogens is 302 g/mol. The number of nitrogens with zero attached hydrogens (tertiary/aromatic N) is 3. The van der Waals surface area contributed by atoms with Crippen LogP contribution in [0.1, 0.15) is 42.3 Å². The third kappa shape index (κ3) is 3.04. The molecule has 3 aromatic rings. The summed E-state index contributed by atoms with van der Waals surface area (Å²) in [7, 11) is 0. The average molecular weight is 325 g/mol. The molecular formula is C18H23N5O. The van der Waals surface area contributed by atoms with Crippen LogP contribution in [0.25, 0.3) is 11.0 Å². The fourth-order valence-corrected chi connectivity index (χ4v) is 2.92. The van der Waals surface area contributed by atoms with E-state index in [0.29, 0.717) is 6.54 Å². The highest BCUT2D eigenvalue weighted by atomic mass is 16.2. The second-order valence-electron chi connectivity index (χ2n) is 6.04. The molecule has 126 valence electrons. The van der Waals surface area contributed by atoms with E-state index in [0.717, 1.165) is 52.8 Å². The number of hydrogen-bond acceptors (Lipinski definition) is 3.